The lowest BCUT2D eigenvalue weighted by Gasteiger charge is -2.25. The molecule has 0 bridgehead atoms. The molecule has 6 heteroatoms. The first-order chi connectivity index (χ1) is 18.0. The van der Waals surface area contributed by atoms with Crippen LogP contribution in [0.1, 0.15) is 38.9 Å². The van der Waals surface area contributed by atoms with Crippen LogP contribution >= 0.6 is 0 Å². The van der Waals surface area contributed by atoms with E-state index in [2.05, 4.69) is 0 Å². The molecule has 2 heterocycles. The molecule has 37 heavy (non-hydrogen) atoms. The summed E-state index contributed by atoms with van der Waals surface area (Å²) >= 11 is 0. The van der Waals surface area contributed by atoms with E-state index in [-0.39, 0.29) is 16.8 Å². The Hall–Kier alpha value is -4.71. The first-order valence-electron chi connectivity index (χ1n) is 11.9. The van der Waals surface area contributed by atoms with E-state index in [9.17, 15) is 14.0 Å². The normalized spacial score (nSPS) is 14.7. The third kappa shape index (κ3) is 4.06. The third-order valence-corrected chi connectivity index (χ3v) is 6.57. The minimum atomic E-state index is -0.739. The van der Waals surface area contributed by atoms with Gasteiger partial charge in [-0.1, -0.05) is 54.1 Å². The van der Waals surface area contributed by atoms with Crippen molar-refractivity contribution in [3.63, 3.8) is 0 Å². The fourth-order valence-electron chi connectivity index (χ4n) is 4.76. The Bertz CT molecular complexity index is 1680. The van der Waals surface area contributed by atoms with E-state index in [1.54, 1.807) is 12.1 Å². The zero-order chi connectivity index (χ0) is 25.5. The lowest BCUT2D eigenvalue weighted by molar-refractivity contribution is 0.0971. The van der Waals surface area contributed by atoms with Gasteiger partial charge in [0.1, 0.15) is 23.8 Å². The van der Waals surface area contributed by atoms with Gasteiger partial charge in [-0.25, -0.2) is 4.39 Å². The largest absolute Gasteiger partial charge is 0.489 e. The highest BCUT2D eigenvalue weighted by Crippen LogP contribution is 2.41. The second kappa shape index (κ2) is 9.06. The van der Waals surface area contributed by atoms with E-state index in [0.29, 0.717) is 34.6 Å². The number of benzene rings is 4. The van der Waals surface area contributed by atoms with Crippen molar-refractivity contribution < 1.29 is 18.3 Å². The van der Waals surface area contributed by atoms with Crippen LogP contribution in [0.25, 0.3) is 11.0 Å². The molecule has 1 aliphatic heterocycles. The van der Waals surface area contributed by atoms with Gasteiger partial charge >= 0.3 is 0 Å². The van der Waals surface area contributed by atoms with Gasteiger partial charge in [0.2, 0.25) is 5.76 Å². The van der Waals surface area contributed by atoms with Gasteiger partial charge in [0, 0.05) is 5.69 Å². The Labute approximate surface area is 212 Å². The number of amides is 1. The molecule has 0 saturated carbocycles. The summed E-state index contributed by atoms with van der Waals surface area (Å²) in [5.74, 6) is -0.206. The molecule has 0 saturated heterocycles. The van der Waals surface area contributed by atoms with Crippen LogP contribution in [0, 0.1) is 12.7 Å². The summed E-state index contributed by atoms with van der Waals surface area (Å²) in [7, 11) is 0. The van der Waals surface area contributed by atoms with Crippen molar-refractivity contribution in [3.8, 4) is 5.75 Å². The van der Waals surface area contributed by atoms with Crippen LogP contribution in [-0.2, 0) is 6.61 Å². The minimum absolute atomic E-state index is 0.0000761. The number of ether oxygens (including phenoxy) is 1. The number of fused-ring (bicyclic) bond motifs is 2. The van der Waals surface area contributed by atoms with Crippen LogP contribution in [0.4, 0.5) is 10.1 Å². The summed E-state index contributed by atoms with van der Waals surface area (Å²) in [6.07, 6.45) is 0. The first-order valence-corrected chi connectivity index (χ1v) is 11.9. The van der Waals surface area contributed by atoms with Gasteiger partial charge in [-0.3, -0.25) is 14.5 Å². The number of aryl methyl sites for hydroxylation is 1. The van der Waals surface area contributed by atoms with Crippen molar-refractivity contribution in [1.82, 2.24) is 0 Å². The fourth-order valence-corrected chi connectivity index (χ4v) is 4.76. The number of nitrogens with zero attached hydrogens (tertiary/aromatic N) is 1. The Balaban J connectivity index is 1.44. The standard InChI is InChI=1S/C31H22FNO4/c1-19-7-16-26-25(17-19)29(34)27-28(33(31(35)30(27)37-26)23-12-10-22(32)11-13-23)21-8-14-24(15-9-21)36-18-20-5-3-2-4-6-20/h2-17,28H,18H2,1H3. The molecule has 0 spiro atoms. The predicted octanol–water partition coefficient (Wildman–Crippen LogP) is 6.57. The highest BCUT2D eigenvalue weighted by Gasteiger charge is 2.43. The molecular weight excluding hydrogens is 469 g/mol. The number of rotatable bonds is 5. The van der Waals surface area contributed by atoms with E-state index < -0.39 is 17.8 Å². The number of halogens is 1. The SMILES string of the molecule is Cc1ccc2oc3c(c(=O)c2c1)C(c1ccc(OCc2ccccc2)cc1)N(c1ccc(F)cc1)C3=O. The van der Waals surface area contributed by atoms with Crippen molar-refractivity contribution in [2.45, 2.75) is 19.6 Å². The number of carbonyl (C=O) groups excluding carboxylic acids is 1. The van der Waals surface area contributed by atoms with Crippen LogP contribution in [-0.4, -0.2) is 5.91 Å². The maximum atomic E-state index is 13.7. The molecule has 0 aliphatic carbocycles. The van der Waals surface area contributed by atoms with Crippen molar-refractivity contribution >= 4 is 22.6 Å². The maximum Gasteiger partial charge on any atom is 0.295 e. The molecule has 182 valence electrons. The molecule has 1 aromatic heterocycles. The number of hydrogen-bond acceptors (Lipinski definition) is 4. The van der Waals surface area contributed by atoms with Gasteiger partial charge in [-0.2, -0.15) is 0 Å². The van der Waals surface area contributed by atoms with Crippen molar-refractivity contribution in [2.75, 3.05) is 4.90 Å². The zero-order valence-corrected chi connectivity index (χ0v) is 20.0. The second-order valence-corrected chi connectivity index (χ2v) is 9.07. The van der Waals surface area contributed by atoms with Crippen molar-refractivity contribution in [2.24, 2.45) is 0 Å². The summed E-state index contributed by atoms with van der Waals surface area (Å²) in [4.78, 5) is 28.9. The molecule has 0 fully saturated rings. The van der Waals surface area contributed by atoms with Gasteiger partial charge < -0.3 is 9.15 Å². The van der Waals surface area contributed by atoms with Crippen LogP contribution in [0.2, 0.25) is 0 Å². The number of carbonyl (C=O) groups is 1. The van der Waals surface area contributed by atoms with Crippen LogP contribution in [0.5, 0.6) is 5.75 Å². The quantitative estimate of drug-likeness (QED) is 0.279. The predicted molar refractivity (Wildman–Crippen MR) is 139 cm³/mol. The third-order valence-electron chi connectivity index (χ3n) is 6.57. The van der Waals surface area contributed by atoms with Crippen molar-refractivity contribution in [1.29, 1.82) is 0 Å². The zero-order valence-electron chi connectivity index (χ0n) is 20.0. The molecule has 1 amide bonds. The lowest BCUT2D eigenvalue weighted by Crippen LogP contribution is -2.29. The van der Waals surface area contributed by atoms with E-state index in [0.717, 1.165) is 11.1 Å². The smallest absolute Gasteiger partial charge is 0.295 e. The first kappa shape index (κ1) is 22.7. The molecule has 6 rings (SSSR count). The molecular formula is C31H22FNO4. The Morgan fingerprint density at radius 1 is 0.892 bits per heavy atom. The average molecular weight is 492 g/mol. The lowest BCUT2D eigenvalue weighted by atomic mass is 9.97. The second-order valence-electron chi connectivity index (χ2n) is 9.07. The van der Waals surface area contributed by atoms with Crippen LogP contribution in [0.3, 0.4) is 0 Å². The molecule has 5 nitrogen and oxygen atoms in total. The van der Waals surface area contributed by atoms with E-state index in [1.165, 1.54) is 29.2 Å². The molecule has 1 unspecified atom stereocenters. The molecule has 0 N–H and O–H groups in total. The van der Waals surface area contributed by atoms with Gasteiger partial charge in [0.15, 0.2) is 5.43 Å². The minimum Gasteiger partial charge on any atom is -0.489 e. The Morgan fingerprint density at radius 2 is 1.62 bits per heavy atom. The van der Waals surface area contributed by atoms with Gasteiger partial charge in [0.25, 0.3) is 5.91 Å². The van der Waals surface area contributed by atoms with Gasteiger partial charge in [0.05, 0.1) is 17.0 Å². The number of anilines is 1. The summed E-state index contributed by atoms with van der Waals surface area (Å²) in [5.41, 5.74) is 3.50. The highest BCUT2D eigenvalue weighted by atomic mass is 19.1. The van der Waals surface area contributed by atoms with E-state index >= 15 is 0 Å². The Kier molecular flexibility index (Phi) is 5.57. The van der Waals surface area contributed by atoms with Crippen molar-refractivity contribution in [3.05, 3.63) is 141 Å². The fraction of sp³-hybridized carbons (Fsp3) is 0.0968. The van der Waals surface area contributed by atoms with Crippen LogP contribution in [0.15, 0.2) is 106 Å². The molecule has 1 atom stereocenters. The molecule has 4 aromatic carbocycles. The summed E-state index contributed by atoms with van der Waals surface area (Å²) in [6.45, 7) is 2.31. The molecule has 0 radical (unpaired) electrons. The topological polar surface area (TPSA) is 59.8 Å². The molecule has 5 aromatic rings. The summed E-state index contributed by atoms with van der Waals surface area (Å²) < 4.78 is 25.6. The molecule has 1 aliphatic rings. The van der Waals surface area contributed by atoms with Crippen LogP contribution < -0.4 is 15.1 Å². The van der Waals surface area contributed by atoms with E-state index in [4.69, 9.17) is 9.15 Å². The average Bonchev–Trinajstić information content (AvgIpc) is 3.21. The summed E-state index contributed by atoms with van der Waals surface area (Å²) in [5, 5.41) is 0.417. The Morgan fingerprint density at radius 3 is 2.35 bits per heavy atom. The number of hydrogen-bond donors (Lipinski definition) is 0. The van der Waals surface area contributed by atoms with E-state index in [1.807, 2.05) is 67.6 Å². The van der Waals surface area contributed by atoms with Gasteiger partial charge in [-0.15, -0.1) is 0 Å². The summed E-state index contributed by atoms with van der Waals surface area (Å²) in [6, 6.07) is 27.3. The maximum absolute atomic E-state index is 13.7. The monoisotopic (exact) mass is 491 g/mol. The highest BCUT2D eigenvalue weighted by molar-refractivity contribution is 6.10. The van der Waals surface area contributed by atoms with Gasteiger partial charge in [-0.05, 0) is 66.6 Å².